The highest BCUT2D eigenvalue weighted by atomic mass is 19.3. The number of benzene rings is 1. The van der Waals surface area contributed by atoms with E-state index in [1.807, 2.05) is 13.0 Å². The molecule has 2 aliphatic rings. The Bertz CT molecular complexity index is 885. The quantitative estimate of drug-likeness (QED) is 0.873. The van der Waals surface area contributed by atoms with Crippen LogP contribution in [-0.4, -0.2) is 53.3 Å². The minimum absolute atomic E-state index is 0.0425. The summed E-state index contributed by atoms with van der Waals surface area (Å²) in [7, 11) is 0. The van der Waals surface area contributed by atoms with E-state index < -0.39 is 6.29 Å². The van der Waals surface area contributed by atoms with Gasteiger partial charge in [-0.25, -0.2) is 4.79 Å². The summed E-state index contributed by atoms with van der Waals surface area (Å²) < 4.78 is 35.2. The molecular formula is C19H20F2N4O3. The number of piperazine rings is 1. The van der Waals surface area contributed by atoms with Crippen LogP contribution in [0.15, 0.2) is 36.7 Å². The molecule has 1 saturated heterocycles. The van der Waals surface area contributed by atoms with Crippen molar-refractivity contribution in [3.8, 4) is 11.5 Å². The lowest BCUT2D eigenvalue weighted by Crippen LogP contribution is -2.49. The maximum atomic E-state index is 13.1. The number of rotatable bonds is 3. The van der Waals surface area contributed by atoms with Gasteiger partial charge in [0.15, 0.2) is 11.5 Å². The third-order valence-corrected chi connectivity index (χ3v) is 4.81. The van der Waals surface area contributed by atoms with Crippen molar-refractivity contribution in [2.24, 2.45) is 0 Å². The first-order valence-electron chi connectivity index (χ1n) is 8.97. The number of aromatic nitrogens is 1. The Hall–Kier alpha value is -2.94. The minimum Gasteiger partial charge on any atom is -0.395 e. The summed E-state index contributed by atoms with van der Waals surface area (Å²) in [6.45, 7) is 5.02. The number of alkyl halides is 2. The Morgan fingerprint density at radius 1 is 1.18 bits per heavy atom. The number of ether oxygens (including phenoxy) is 2. The number of urea groups is 1. The number of hydrogen-bond acceptors (Lipinski definition) is 5. The molecule has 4 rings (SSSR count). The normalized spacial score (nSPS) is 18.2. The lowest BCUT2D eigenvalue weighted by Gasteiger charge is -2.34. The van der Waals surface area contributed by atoms with Crippen LogP contribution in [0.2, 0.25) is 0 Å². The van der Waals surface area contributed by atoms with Crippen molar-refractivity contribution < 1.29 is 23.0 Å². The molecule has 7 nitrogen and oxygen atoms in total. The van der Waals surface area contributed by atoms with Crippen LogP contribution in [0.4, 0.5) is 19.3 Å². The van der Waals surface area contributed by atoms with Gasteiger partial charge in [-0.15, -0.1) is 8.78 Å². The van der Waals surface area contributed by atoms with Crippen LogP contribution in [0.5, 0.6) is 11.5 Å². The summed E-state index contributed by atoms with van der Waals surface area (Å²) in [6.07, 6.45) is -0.291. The summed E-state index contributed by atoms with van der Waals surface area (Å²) in [5.74, 6) is 0.0910. The van der Waals surface area contributed by atoms with E-state index in [2.05, 4.69) is 24.7 Å². The second kappa shape index (κ2) is 7.23. The molecule has 1 aromatic heterocycles. The summed E-state index contributed by atoms with van der Waals surface area (Å²) in [6, 6.07) is 6.50. The zero-order chi connectivity index (χ0) is 19.7. The van der Waals surface area contributed by atoms with Gasteiger partial charge >= 0.3 is 12.3 Å². The van der Waals surface area contributed by atoms with Crippen LogP contribution in [-0.2, 0) is 6.54 Å². The number of carbonyl (C=O) groups is 1. The Kier molecular flexibility index (Phi) is 4.76. The van der Waals surface area contributed by atoms with Gasteiger partial charge in [0.25, 0.3) is 0 Å². The van der Waals surface area contributed by atoms with Gasteiger partial charge in [-0.3, -0.25) is 9.88 Å². The Morgan fingerprint density at radius 2 is 1.93 bits per heavy atom. The first kappa shape index (κ1) is 18.4. The van der Waals surface area contributed by atoms with Gasteiger partial charge in [-0.2, -0.15) is 0 Å². The maximum absolute atomic E-state index is 13.1. The van der Waals surface area contributed by atoms with Crippen molar-refractivity contribution >= 4 is 11.7 Å². The number of carbonyl (C=O) groups excluding carboxylic acids is 1. The Labute approximate surface area is 160 Å². The van der Waals surface area contributed by atoms with Crippen LogP contribution in [0.1, 0.15) is 11.1 Å². The lowest BCUT2D eigenvalue weighted by molar-refractivity contribution is -0.286. The van der Waals surface area contributed by atoms with Crippen molar-refractivity contribution in [2.75, 3.05) is 31.5 Å². The van der Waals surface area contributed by atoms with E-state index >= 15 is 0 Å². The molecule has 148 valence electrons. The van der Waals surface area contributed by atoms with Gasteiger partial charge in [-0.1, -0.05) is 6.07 Å². The van der Waals surface area contributed by atoms with Gasteiger partial charge in [0.1, 0.15) is 0 Å². The summed E-state index contributed by atoms with van der Waals surface area (Å²) in [4.78, 5) is 20.4. The average Bonchev–Trinajstić information content (AvgIpc) is 2.97. The van der Waals surface area contributed by atoms with Crippen molar-refractivity contribution in [3.05, 3.63) is 47.8 Å². The fourth-order valence-electron chi connectivity index (χ4n) is 3.25. The second-order valence-corrected chi connectivity index (χ2v) is 6.83. The maximum Gasteiger partial charge on any atom is 0.586 e. The molecule has 1 N–H and O–H groups in total. The largest absolute Gasteiger partial charge is 0.586 e. The highest BCUT2D eigenvalue weighted by Crippen LogP contribution is 2.41. The van der Waals surface area contributed by atoms with E-state index in [-0.39, 0.29) is 17.5 Å². The zero-order valence-corrected chi connectivity index (χ0v) is 15.3. The van der Waals surface area contributed by atoms with E-state index in [9.17, 15) is 13.6 Å². The number of pyridine rings is 1. The van der Waals surface area contributed by atoms with Crippen molar-refractivity contribution in [3.63, 3.8) is 0 Å². The van der Waals surface area contributed by atoms with Gasteiger partial charge < -0.3 is 19.7 Å². The second-order valence-electron chi connectivity index (χ2n) is 6.83. The molecule has 0 radical (unpaired) electrons. The monoisotopic (exact) mass is 390 g/mol. The molecule has 2 aliphatic heterocycles. The van der Waals surface area contributed by atoms with Gasteiger partial charge in [0, 0.05) is 38.9 Å². The molecule has 0 spiro atoms. The molecule has 1 fully saturated rings. The zero-order valence-electron chi connectivity index (χ0n) is 15.3. The van der Waals surface area contributed by atoms with Crippen LogP contribution < -0.4 is 14.8 Å². The van der Waals surface area contributed by atoms with E-state index in [4.69, 9.17) is 0 Å². The number of anilines is 1. The lowest BCUT2D eigenvalue weighted by atomic mass is 10.1. The average molecular weight is 390 g/mol. The van der Waals surface area contributed by atoms with Gasteiger partial charge in [0.2, 0.25) is 0 Å². The van der Waals surface area contributed by atoms with Crippen LogP contribution in [0, 0.1) is 6.92 Å². The van der Waals surface area contributed by atoms with E-state index in [0.29, 0.717) is 38.4 Å². The number of hydrogen-bond donors (Lipinski definition) is 1. The summed E-state index contributed by atoms with van der Waals surface area (Å²) in [5.41, 5.74) is 2.51. The van der Waals surface area contributed by atoms with E-state index in [1.54, 1.807) is 29.4 Å². The molecule has 9 heteroatoms. The summed E-state index contributed by atoms with van der Waals surface area (Å²) >= 11 is 0. The number of aryl methyl sites for hydroxylation is 1. The standard InChI is InChI=1S/C19H20F2N4O3/c1-13-4-5-22-11-15(13)23-18(26)25-8-6-24(7-9-25)12-14-2-3-16-17(10-14)28-19(20,21)27-16/h2-5,10-11H,6-9,12H2,1H3,(H,23,26). The minimum atomic E-state index is -3.60. The molecule has 2 aromatic rings. The molecule has 0 unspecified atom stereocenters. The predicted molar refractivity (Wildman–Crippen MR) is 97.5 cm³/mol. The highest BCUT2D eigenvalue weighted by Gasteiger charge is 2.43. The van der Waals surface area contributed by atoms with Crippen molar-refractivity contribution in [2.45, 2.75) is 19.8 Å². The molecule has 0 atom stereocenters. The Morgan fingerprint density at radius 3 is 2.68 bits per heavy atom. The van der Waals surface area contributed by atoms with E-state index in [0.717, 1.165) is 11.1 Å². The SMILES string of the molecule is Cc1ccncc1NC(=O)N1CCN(Cc2ccc3c(c2)OC(F)(F)O3)CC1. The molecule has 1 aromatic carbocycles. The number of amides is 2. The number of nitrogens with one attached hydrogen (secondary N) is 1. The predicted octanol–water partition coefficient (Wildman–Crippen LogP) is 3.06. The van der Waals surface area contributed by atoms with Crippen LogP contribution in [0.25, 0.3) is 0 Å². The molecule has 3 heterocycles. The number of nitrogens with zero attached hydrogens (tertiary/aromatic N) is 3. The summed E-state index contributed by atoms with van der Waals surface area (Å²) in [5, 5.41) is 2.88. The topological polar surface area (TPSA) is 66.9 Å². The number of fused-ring (bicyclic) bond motifs is 1. The molecular weight excluding hydrogens is 370 g/mol. The molecule has 0 bridgehead atoms. The molecule has 28 heavy (non-hydrogen) atoms. The van der Waals surface area contributed by atoms with Crippen LogP contribution in [0.3, 0.4) is 0 Å². The first-order valence-corrected chi connectivity index (χ1v) is 8.97. The van der Waals surface area contributed by atoms with Crippen molar-refractivity contribution in [1.82, 2.24) is 14.8 Å². The number of halogens is 2. The first-order chi connectivity index (χ1) is 13.4. The third kappa shape index (κ3) is 3.99. The fourth-order valence-corrected chi connectivity index (χ4v) is 3.25. The van der Waals surface area contributed by atoms with Crippen molar-refractivity contribution in [1.29, 1.82) is 0 Å². The molecule has 2 amide bonds. The molecule has 0 saturated carbocycles. The third-order valence-electron chi connectivity index (χ3n) is 4.81. The highest BCUT2D eigenvalue weighted by molar-refractivity contribution is 5.90. The van der Waals surface area contributed by atoms with Crippen LogP contribution >= 0.6 is 0 Å². The smallest absolute Gasteiger partial charge is 0.395 e. The van der Waals surface area contributed by atoms with Gasteiger partial charge in [0.05, 0.1) is 11.9 Å². The van der Waals surface area contributed by atoms with E-state index in [1.165, 1.54) is 6.07 Å². The molecule has 0 aliphatic carbocycles. The van der Waals surface area contributed by atoms with Gasteiger partial charge in [-0.05, 0) is 36.2 Å². The fraction of sp³-hybridized carbons (Fsp3) is 0.368. The Balaban J connectivity index is 1.30.